The van der Waals surface area contributed by atoms with E-state index in [-0.39, 0.29) is 6.10 Å². The molecule has 2 aliphatic carbocycles. The van der Waals surface area contributed by atoms with E-state index in [1.807, 2.05) is 13.0 Å². The Morgan fingerprint density at radius 3 is 2.80 bits per heavy atom. The van der Waals surface area contributed by atoms with Gasteiger partial charge in [0.05, 0.1) is 12.7 Å². The summed E-state index contributed by atoms with van der Waals surface area (Å²) >= 11 is 0. The zero-order valence-electron chi connectivity index (χ0n) is 12.6. The van der Waals surface area contributed by atoms with Crippen molar-refractivity contribution < 1.29 is 9.84 Å². The van der Waals surface area contributed by atoms with Crippen LogP contribution in [-0.2, 0) is 0 Å². The number of aliphatic hydroxyl groups excluding tert-OH is 1. The molecule has 1 aromatic carbocycles. The van der Waals surface area contributed by atoms with E-state index >= 15 is 0 Å². The summed E-state index contributed by atoms with van der Waals surface area (Å²) in [6, 6.07) is 6.14. The van der Waals surface area contributed by atoms with E-state index in [4.69, 9.17) is 4.74 Å². The van der Waals surface area contributed by atoms with Crippen molar-refractivity contribution in [3.8, 4) is 5.75 Å². The summed E-state index contributed by atoms with van der Waals surface area (Å²) in [6.45, 7) is 4.71. The van der Waals surface area contributed by atoms with Crippen LogP contribution < -0.4 is 4.74 Å². The molecule has 20 heavy (non-hydrogen) atoms. The van der Waals surface area contributed by atoms with Crippen LogP contribution in [0.4, 0.5) is 0 Å². The van der Waals surface area contributed by atoms with Gasteiger partial charge in [0.15, 0.2) is 0 Å². The van der Waals surface area contributed by atoms with E-state index < -0.39 is 0 Å². The van der Waals surface area contributed by atoms with Gasteiger partial charge in [0.2, 0.25) is 0 Å². The van der Waals surface area contributed by atoms with Crippen molar-refractivity contribution in [2.75, 3.05) is 6.61 Å². The van der Waals surface area contributed by atoms with Gasteiger partial charge in [-0.3, -0.25) is 0 Å². The predicted molar refractivity (Wildman–Crippen MR) is 80.9 cm³/mol. The van der Waals surface area contributed by atoms with Gasteiger partial charge in [-0.05, 0) is 69.4 Å². The fourth-order valence-electron chi connectivity index (χ4n) is 4.29. The third-order valence-electron chi connectivity index (χ3n) is 5.23. The molecule has 0 aromatic heterocycles. The second kappa shape index (κ2) is 5.77. The molecule has 1 N–H and O–H groups in total. The van der Waals surface area contributed by atoms with Gasteiger partial charge in [-0.2, -0.15) is 0 Å². The SMILES string of the molecule is CCOc1ccc(C)cc1C(O)CC1CC2CCC1C2. The molecule has 2 aliphatic rings. The van der Waals surface area contributed by atoms with Crippen LogP contribution in [0.15, 0.2) is 18.2 Å². The lowest BCUT2D eigenvalue weighted by atomic mass is 9.83. The first kappa shape index (κ1) is 13.9. The third kappa shape index (κ3) is 2.71. The van der Waals surface area contributed by atoms with Crippen molar-refractivity contribution >= 4 is 0 Å². The maximum absolute atomic E-state index is 10.7. The smallest absolute Gasteiger partial charge is 0.125 e. The molecule has 2 saturated carbocycles. The van der Waals surface area contributed by atoms with Gasteiger partial charge >= 0.3 is 0 Å². The molecule has 110 valence electrons. The quantitative estimate of drug-likeness (QED) is 0.869. The number of rotatable bonds is 5. The van der Waals surface area contributed by atoms with Crippen LogP contribution in [0, 0.1) is 24.7 Å². The second-order valence-corrected chi connectivity index (χ2v) is 6.66. The Balaban J connectivity index is 1.72. The molecule has 0 spiro atoms. The Labute approximate surface area is 122 Å². The summed E-state index contributed by atoms with van der Waals surface area (Å²) in [6.07, 6.45) is 6.08. The van der Waals surface area contributed by atoms with E-state index in [9.17, 15) is 5.11 Å². The molecule has 0 radical (unpaired) electrons. The fraction of sp³-hybridized carbons (Fsp3) is 0.667. The first-order chi connectivity index (χ1) is 9.67. The van der Waals surface area contributed by atoms with Crippen molar-refractivity contribution in [1.82, 2.24) is 0 Å². The third-order valence-corrected chi connectivity index (χ3v) is 5.23. The highest BCUT2D eigenvalue weighted by molar-refractivity contribution is 5.38. The number of hydrogen-bond donors (Lipinski definition) is 1. The number of aliphatic hydroxyl groups is 1. The Hall–Kier alpha value is -1.02. The predicted octanol–water partition coefficient (Wildman–Crippen LogP) is 4.25. The molecular formula is C18H26O2. The van der Waals surface area contributed by atoms with Crippen LogP contribution in [0.2, 0.25) is 0 Å². The average Bonchev–Trinajstić information content (AvgIpc) is 3.03. The van der Waals surface area contributed by atoms with Crippen molar-refractivity contribution in [2.24, 2.45) is 17.8 Å². The van der Waals surface area contributed by atoms with E-state index in [0.717, 1.165) is 35.5 Å². The largest absolute Gasteiger partial charge is 0.493 e. The Morgan fingerprint density at radius 1 is 1.30 bits per heavy atom. The maximum Gasteiger partial charge on any atom is 0.125 e. The molecule has 2 fully saturated rings. The highest BCUT2D eigenvalue weighted by Crippen LogP contribution is 2.51. The number of ether oxygens (including phenoxy) is 1. The van der Waals surface area contributed by atoms with Crippen LogP contribution in [0.1, 0.15) is 56.3 Å². The molecular weight excluding hydrogens is 248 g/mol. The Morgan fingerprint density at radius 2 is 2.15 bits per heavy atom. The summed E-state index contributed by atoms with van der Waals surface area (Å²) in [4.78, 5) is 0. The van der Waals surface area contributed by atoms with Gasteiger partial charge in [-0.1, -0.05) is 18.1 Å². The normalized spacial score (nSPS) is 29.6. The first-order valence-corrected chi connectivity index (χ1v) is 8.08. The first-order valence-electron chi connectivity index (χ1n) is 8.08. The van der Waals surface area contributed by atoms with Crippen LogP contribution in [-0.4, -0.2) is 11.7 Å². The van der Waals surface area contributed by atoms with Gasteiger partial charge in [-0.15, -0.1) is 0 Å². The lowest BCUT2D eigenvalue weighted by Crippen LogP contribution is -2.15. The summed E-state index contributed by atoms with van der Waals surface area (Å²) in [5.74, 6) is 3.39. The van der Waals surface area contributed by atoms with Crippen LogP contribution in [0.5, 0.6) is 5.75 Å². The minimum Gasteiger partial charge on any atom is -0.493 e. The monoisotopic (exact) mass is 274 g/mol. The number of fused-ring (bicyclic) bond motifs is 2. The number of benzene rings is 1. The molecule has 0 amide bonds. The molecule has 0 aliphatic heterocycles. The maximum atomic E-state index is 10.7. The molecule has 4 unspecified atom stereocenters. The summed E-state index contributed by atoms with van der Waals surface area (Å²) in [5, 5.41) is 10.7. The minimum atomic E-state index is -0.374. The molecule has 2 bridgehead atoms. The van der Waals surface area contributed by atoms with E-state index in [0.29, 0.717) is 6.61 Å². The van der Waals surface area contributed by atoms with Gasteiger partial charge in [0, 0.05) is 5.56 Å². The van der Waals surface area contributed by atoms with Gasteiger partial charge < -0.3 is 9.84 Å². The van der Waals surface area contributed by atoms with Gasteiger partial charge in [0.25, 0.3) is 0 Å². The zero-order chi connectivity index (χ0) is 14.1. The molecule has 0 heterocycles. The van der Waals surface area contributed by atoms with Gasteiger partial charge in [-0.25, -0.2) is 0 Å². The zero-order valence-corrected chi connectivity index (χ0v) is 12.6. The molecule has 2 nitrogen and oxygen atoms in total. The molecule has 3 rings (SSSR count). The van der Waals surface area contributed by atoms with Crippen molar-refractivity contribution in [2.45, 2.75) is 52.1 Å². The highest BCUT2D eigenvalue weighted by Gasteiger charge is 2.40. The topological polar surface area (TPSA) is 29.5 Å². The highest BCUT2D eigenvalue weighted by atomic mass is 16.5. The van der Waals surface area contributed by atoms with Crippen LogP contribution >= 0.6 is 0 Å². The Kier molecular flexibility index (Phi) is 4.02. The van der Waals surface area contributed by atoms with Gasteiger partial charge in [0.1, 0.15) is 5.75 Å². The summed E-state index contributed by atoms with van der Waals surface area (Å²) < 4.78 is 5.68. The number of aryl methyl sites for hydroxylation is 1. The fourth-order valence-corrected chi connectivity index (χ4v) is 4.29. The van der Waals surface area contributed by atoms with E-state index in [1.54, 1.807) is 0 Å². The lowest BCUT2D eigenvalue weighted by Gasteiger charge is -2.25. The van der Waals surface area contributed by atoms with Crippen LogP contribution in [0.3, 0.4) is 0 Å². The molecule has 0 saturated heterocycles. The Bertz CT molecular complexity index is 468. The summed E-state index contributed by atoms with van der Waals surface area (Å²) in [5.41, 5.74) is 2.17. The molecule has 4 atom stereocenters. The van der Waals surface area contributed by atoms with Crippen molar-refractivity contribution in [3.63, 3.8) is 0 Å². The van der Waals surface area contributed by atoms with Crippen molar-refractivity contribution in [1.29, 1.82) is 0 Å². The van der Waals surface area contributed by atoms with Crippen LogP contribution in [0.25, 0.3) is 0 Å². The number of hydrogen-bond acceptors (Lipinski definition) is 2. The van der Waals surface area contributed by atoms with E-state index in [1.165, 1.54) is 31.2 Å². The second-order valence-electron chi connectivity index (χ2n) is 6.66. The van der Waals surface area contributed by atoms with Crippen molar-refractivity contribution in [3.05, 3.63) is 29.3 Å². The minimum absolute atomic E-state index is 0.374. The standard InChI is InChI=1S/C18H26O2/c1-3-20-18-7-4-12(2)8-16(18)17(19)11-15-10-13-5-6-14(15)9-13/h4,7-8,13-15,17,19H,3,5-6,9-11H2,1-2H3. The molecule has 1 aromatic rings. The average molecular weight is 274 g/mol. The van der Waals surface area contributed by atoms with E-state index in [2.05, 4.69) is 19.1 Å². The lowest BCUT2D eigenvalue weighted by molar-refractivity contribution is 0.122. The summed E-state index contributed by atoms with van der Waals surface area (Å²) in [7, 11) is 0. The molecule has 2 heteroatoms.